The van der Waals surface area contributed by atoms with Crippen LogP contribution in [0, 0.1) is 13.8 Å². The summed E-state index contributed by atoms with van der Waals surface area (Å²) in [4.78, 5) is 0. The minimum absolute atomic E-state index is 1.21. The van der Waals surface area contributed by atoms with Gasteiger partial charge in [0.1, 0.15) is 0 Å². The number of hydrogen-bond acceptors (Lipinski definition) is 2. The van der Waals surface area contributed by atoms with E-state index < -0.39 is 0 Å². The fourth-order valence-electron chi connectivity index (χ4n) is 2.02. The Hall–Kier alpha value is 0.1000. The van der Waals surface area contributed by atoms with Crippen LogP contribution in [0.1, 0.15) is 11.1 Å². The fourth-order valence-corrected chi connectivity index (χ4v) is 5.49. The molecule has 4 heteroatoms. The van der Waals surface area contributed by atoms with E-state index in [4.69, 9.17) is 0 Å². The van der Waals surface area contributed by atoms with Crippen LogP contribution in [0.4, 0.5) is 0 Å². The molecule has 0 aliphatic rings. The summed E-state index contributed by atoms with van der Waals surface area (Å²) in [6.45, 7) is 4.42. The third kappa shape index (κ3) is 1.50. The third-order valence-corrected chi connectivity index (χ3v) is 6.42. The third-order valence-electron chi connectivity index (χ3n) is 2.98. The molecule has 0 aliphatic carbocycles. The number of hydrogen-bond donors (Lipinski definition) is 0. The normalized spacial score (nSPS) is 11.8. The largest absolute Gasteiger partial charge is 0.127 e. The van der Waals surface area contributed by atoms with Crippen molar-refractivity contribution in [2.24, 2.45) is 0 Å². The minimum Gasteiger partial charge on any atom is -0.127 e. The maximum atomic E-state index is 3.59. The quantitative estimate of drug-likeness (QED) is 0.435. The van der Waals surface area contributed by atoms with Gasteiger partial charge in [-0.3, -0.25) is 0 Å². The van der Waals surface area contributed by atoms with Gasteiger partial charge in [0.2, 0.25) is 0 Å². The number of thiophene rings is 2. The van der Waals surface area contributed by atoms with Gasteiger partial charge in [0.05, 0.1) is 17.0 Å². The Bertz CT molecular complexity index is 645. The van der Waals surface area contributed by atoms with Gasteiger partial charge in [-0.05, 0) is 79.7 Å². The Morgan fingerprint density at radius 2 is 1.19 bits per heavy atom. The Kier molecular flexibility index (Phi) is 2.66. The first-order chi connectivity index (χ1) is 7.58. The first kappa shape index (κ1) is 11.2. The van der Waals surface area contributed by atoms with Gasteiger partial charge in [-0.25, -0.2) is 0 Å². The van der Waals surface area contributed by atoms with E-state index in [1.807, 2.05) is 22.7 Å². The molecule has 0 radical (unpaired) electrons. The molecule has 0 saturated carbocycles. The second-order valence-corrected chi connectivity index (χ2v) is 8.70. The summed E-state index contributed by atoms with van der Waals surface area (Å²) in [5, 5.41) is 2.77. The molecule has 16 heavy (non-hydrogen) atoms. The second kappa shape index (κ2) is 3.80. The molecule has 0 N–H and O–H groups in total. The lowest BCUT2D eigenvalue weighted by Gasteiger charge is -2.03. The molecule has 0 nitrogen and oxygen atoms in total. The summed E-state index contributed by atoms with van der Waals surface area (Å²) in [6.07, 6.45) is 0. The average Bonchev–Trinajstić information content (AvgIpc) is 2.78. The van der Waals surface area contributed by atoms with Gasteiger partial charge in [0.25, 0.3) is 0 Å². The molecule has 0 bridgehead atoms. The van der Waals surface area contributed by atoms with E-state index in [1.165, 1.54) is 38.9 Å². The Labute approximate surface area is 119 Å². The highest BCUT2D eigenvalue weighted by molar-refractivity contribution is 9.11. The zero-order chi connectivity index (χ0) is 11.4. The minimum atomic E-state index is 1.21. The van der Waals surface area contributed by atoms with Crippen molar-refractivity contribution in [3.05, 3.63) is 30.8 Å². The summed E-state index contributed by atoms with van der Waals surface area (Å²) < 4.78 is 5.23. The van der Waals surface area contributed by atoms with E-state index in [-0.39, 0.29) is 0 Å². The zero-order valence-corrected chi connectivity index (χ0v) is 13.5. The van der Waals surface area contributed by atoms with Crippen molar-refractivity contribution in [3.8, 4) is 0 Å². The first-order valence-corrected chi connectivity index (χ1v) is 8.07. The van der Waals surface area contributed by atoms with Crippen molar-refractivity contribution in [2.45, 2.75) is 13.8 Å². The summed E-state index contributed by atoms with van der Waals surface area (Å²) in [6, 6.07) is 4.46. The monoisotopic (exact) mass is 374 g/mol. The summed E-state index contributed by atoms with van der Waals surface area (Å²) >= 11 is 10.8. The van der Waals surface area contributed by atoms with E-state index in [2.05, 4.69) is 57.8 Å². The lowest BCUT2D eigenvalue weighted by molar-refractivity contribution is 1.42. The van der Waals surface area contributed by atoms with Crippen LogP contribution in [-0.2, 0) is 0 Å². The lowest BCUT2D eigenvalue weighted by Crippen LogP contribution is -1.81. The average molecular weight is 376 g/mol. The van der Waals surface area contributed by atoms with Crippen molar-refractivity contribution in [1.82, 2.24) is 0 Å². The van der Waals surface area contributed by atoms with Crippen LogP contribution in [0.5, 0.6) is 0 Å². The van der Waals surface area contributed by atoms with Crippen molar-refractivity contribution >= 4 is 74.7 Å². The van der Waals surface area contributed by atoms with E-state index in [1.54, 1.807) is 0 Å². The second-order valence-electron chi connectivity index (χ2n) is 3.84. The summed E-state index contributed by atoms with van der Waals surface area (Å²) in [7, 11) is 0. The van der Waals surface area contributed by atoms with E-state index in [9.17, 15) is 0 Å². The molecule has 0 atom stereocenters. The molecule has 2 heterocycles. The Balaban J connectivity index is 2.66. The summed E-state index contributed by atoms with van der Waals surface area (Å²) in [5.41, 5.74) is 2.80. The van der Waals surface area contributed by atoms with Crippen LogP contribution in [0.2, 0.25) is 0 Å². The Morgan fingerprint density at radius 1 is 0.812 bits per heavy atom. The van der Waals surface area contributed by atoms with Crippen LogP contribution < -0.4 is 0 Å². The highest BCUT2D eigenvalue weighted by atomic mass is 79.9. The molecule has 3 rings (SSSR count). The summed E-state index contributed by atoms with van der Waals surface area (Å²) in [5.74, 6) is 0. The topological polar surface area (TPSA) is 0 Å². The zero-order valence-electron chi connectivity index (χ0n) is 8.73. The highest BCUT2D eigenvalue weighted by Crippen LogP contribution is 2.43. The molecule has 0 unspecified atom stereocenters. The number of halogens is 2. The molecular formula is C12H8Br2S2. The maximum Gasteiger partial charge on any atom is 0.0711 e. The molecule has 1 aromatic carbocycles. The molecule has 2 aromatic heterocycles. The van der Waals surface area contributed by atoms with Gasteiger partial charge >= 0.3 is 0 Å². The molecule has 0 saturated heterocycles. The fraction of sp³-hybridized carbons (Fsp3) is 0.167. The van der Waals surface area contributed by atoms with Gasteiger partial charge in [-0.1, -0.05) is 0 Å². The molecular weight excluding hydrogens is 368 g/mol. The number of benzene rings is 1. The molecule has 82 valence electrons. The van der Waals surface area contributed by atoms with Crippen molar-refractivity contribution < 1.29 is 0 Å². The molecule has 0 amide bonds. The van der Waals surface area contributed by atoms with Crippen molar-refractivity contribution in [3.63, 3.8) is 0 Å². The smallest absolute Gasteiger partial charge is 0.0711 e. The molecule has 3 aromatic rings. The van der Waals surface area contributed by atoms with E-state index >= 15 is 0 Å². The van der Waals surface area contributed by atoms with Crippen LogP contribution in [0.15, 0.2) is 19.7 Å². The number of rotatable bonds is 0. The van der Waals surface area contributed by atoms with Crippen LogP contribution in [0.3, 0.4) is 0 Å². The van der Waals surface area contributed by atoms with Gasteiger partial charge in [0, 0.05) is 0 Å². The molecule has 0 aliphatic heterocycles. The van der Waals surface area contributed by atoms with Crippen LogP contribution in [-0.4, -0.2) is 0 Å². The van der Waals surface area contributed by atoms with E-state index in [0.717, 1.165) is 0 Å². The highest BCUT2D eigenvalue weighted by Gasteiger charge is 2.13. The van der Waals surface area contributed by atoms with Crippen molar-refractivity contribution in [1.29, 1.82) is 0 Å². The standard InChI is InChI=1S/C12H8Br2S2/c1-5-6(2)8-4-10(14)16-12(8)11-7(5)3-9(13)15-11/h3-4H,1-2H3. The maximum absolute atomic E-state index is 3.59. The van der Waals surface area contributed by atoms with Gasteiger partial charge in [-0.15, -0.1) is 22.7 Å². The molecule has 0 fully saturated rings. The SMILES string of the molecule is Cc1c(C)c2cc(Br)sc2c2sc(Br)cc12. The lowest BCUT2D eigenvalue weighted by atomic mass is 10.0. The number of aryl methyl sites for hydroxylation is 2. The predicted molar refractivity (Wildman–Crippen MR) is 82.1 cm³/mol. The van der Waals surface area contributed by atoms with Crippen LogP contribution >= 0.6 is 54.5 Å². The van der Waals surface area contributed by atoms with Gasteiger partial charge in [-0.2, -0.15) is 0 Å². The Morgan fingerprint density at radius 3 is 1.56 bits per heavy atom. The van der Waals surface area contributed by atoms with Gasteiger partial charge < -0.3 is 0 Å². The molecule has 0 spiro atoms. The van der Waals surface area contributed by atoms with E-state index in [0.29, 0.717) is 0 Å². The van der Waals surface area contributed by atoms with Crippen LogP contribution in [0.25, 0.3) is 20.2 Å². The first-order valence-electron chi connectivity index (χ1n) is 4.85. The number of fused-ring (bicyclic) bond motifs is 3. The van der Waals surface area contributed by atoms with Crippen molar-refractivity contribution in [2.75, 3.05) is 0 Å². The predicted octanol–water partition coefficient (Wildman–Crippen LogP) is 6.26. The van der Waals surface area contributed by atoms with Gasteiger partial charge in [0.15, 0.2) is 0 Å².